The number of ether oxygens (including phenoxy) is 2. The molecule has 0 bridgehead atoms. The highest BCUT2D eigenvalue weighted by atomic mass is 16.6. The monoisotopic (exact) mass is 294 g/mol. The Morgan fingerprint density at radius 1 is 1.57 bits per heavy atom. The summed E-state index contributed by atoms with van der Waals surface area (Å²) in [6.45, 7) is 5.93. The van der Waals surface area contributed by atoms with Gasteiger partial charge in [0.25, 0.3) is 0 Å². The second-order valence-corrected chi connectivity index (χ2v) is 5.31. The second-order valence-electron chi connectivity index (χ2n) is 5.31. The minimum atomic E-state index is -0.384. The fourth-order valence-corrected chi connectivity index (χ4v) is 2.47. The van der Waals surface area contributed by atoms with Crippen LogP contribution in [-0.4, -0.2) is 30.8 Å². The van der Waals surface area contributed by atoms with E-state index in [1.807, 2.05) is 13.8 Å². The average molecular weight is 294 g/mol. The van der Waals surface area contributed by atoms with Gasteiger partial charge in [0.1, 0.15) is 5.69 Å². The minimum absolute atomic E-state index is 0.0108. The van der Waals surface area contributed by atoms with E-state index in [0.717, 1.165) is 19.4 Å². The van der Waals surface area contributed by atoms with Gasteiger partial charge < -0.3 is 14.8 Å². The van der Waals surface area contributed by atoms with E-state index in [2.05, 4.69) is 5.32 Å². The molecule has 0 aliphatic carbocycles. The average Bonchev–Trinajstić information content (AvgIpc) is 2.99. The van der Waals surface area contributed by atoms with Crippen LogP contribution in [0.2, 0.25) is 0 Å². The number of rotatable bonds is 7. The maximum atomic E-state index is 11.4. The Kier molecular flexibility index (Phi) is 5.38. The number of nitrogens with one attached hydrogen (secondary N) is 1. The summed E-state index contributed by atoms with van der Waals surface area (Å²) >= 11 is 0. The number of nitrogens with zero attached hydrogens (tertiary/aromatic N) is 1. The van der Waals surface area contributed by atoms with E-state index in [-0.39, 0.29) is 16.7 Å². The first kappa shape index (κ1) is 15.6. The Balaban J connectivity index is 2.18. The van der Waals surface area contributed by atoms with Crippen LogP contribution in [0.4, 0.5) is 11.4 Å². The summed E-state index contributed by atoms with van der Waals surface area (Å²) in [5, 5.41) is 14.6. The van der Waals surface area contributed by atoms with Crippen molar-refractivity contribution in [2.24, 2.45) is 5.92 Å². The van der Waals surface area contributed by atoms with E-state index in [9.17, 15) is 10.1 Å². The van der Waals surface area contributed by atoms with Gasteiger partial charge in [-0.15, -0.1) is 0 Å². The fraction of sp³-hybridized carbons (Fsp3) is 0.600. The molecule has 116 valence electrons. The van der Waals surface area contributed by atoms with Crippen LogP contribution in [0.5, 0.6) is 5.75 Å². The van der Waals surface area contributed by atoms with Crippen molar-refractivity contribution >= 4 is 11.4 Å². The fourth-order valence-electron chi connectivity index (χ4n) is 2.47. The lowest BCUT2D eigenvalue weighted by atomic mass is 10.0. The van der Waals surface area contributed by atoms with Gasteiger partial charge in [0.2, 0.25) is 0 Å². The summed E-state index contributed by atoms with van der Waals surface area (Å²) in [5.74, 6) is 0.701. The van der Waals surface area contributed by atoms with Gasteiger partial charge in [0, 0.05) is 18.6 Å². The lowest BCUT2D eigenvalue weighted by molar-refractivity contribution is -0.385. The van der Waals surface area contributed by atoms with Crippen LogP contribution in [0.25, 0.3) is 0 Å². The Morgan fingerprint density at radius 3 is 3.00 bits per heavy atom. The lowest BCUT2D eigenvalue weighted by Crippen LogP contribution is -2.26. The van der Waals surface area contributed by atoms with Gasteiger partial charge in [-0.25, -0.2) is 0 Å². The highest BCUT2D eigenvalue weighted by Gasteiger charge is 2.26. The molecule has 2 unspecified atom stereocenters. The van der Waals surface area contributed by atoms with Crippen molar-refractivity contribution < 1.29 is 14.4 Å². The molecule has 0 spiro atoms. The Bertz CT molecular complexity index is 487. The molecule has 2 atom stereocenters. The largest absolute Gasteiger partial charge is 0.487 e. The molecule has 2 rings (SSSR count). The van der Waals surface area contributed by atoms with Gasteiger partial charge in [-0.3, -0.25) is 10.1 Å². The van der Waals surface area contributed by atoms with Crippen LogP contribution in [0.1, 0.15) is 26.7 Å². The molecule has 1 aliphatic heterocycles. The number of nitro groups is 1. The van der Waals surface area contributed by atoms with Gasteiger partial charge in [0.05, 0.1) is 18.1 Å². The lowest BCUT2D eigenvalue weighted by Gasteiger charge is -2.20. The number of nitro benzene ring substituents is 1. The first-order chi connectivity index (χ1) is 10.1. The van der Waals surface area contributed by atoms with Crippen molar-refractivity contribution in [3.05, 3.63) is 28.3 Å². The first-order valence-electron chi connectivity index (χ1n) is 7.38. The van der Waals surface area contributed by atoms with E-state index in [4.69, 9.17) is 9.47 Å². The molecular weight excluding hydrogens is 272 g/mol. The molecule has 0 saturated carbocycles. The molecule has 0 radical (unpaired) electrons. The highest BCUT2D eigenvalue weighted by molar-refractivity contribution is 5.68. The maximum Gasteiger partial charge on any atom is 0.333 e. The number of benzene rings is 1. The summed E-state index contributed by atoms with van der Waals surface area (Å²) < 4.78 is 10.9. The van der Waals surface area contributed by atoms with Gasteiger partial charge in [-0.05, 0) is 31.9 Å². The highest BCUT2D eigenvalue weighted by Crippen LogP contribution is 2.36. The van der Waals surface area contributed by atoms with E-state index < -0.39 is 0 Å². The number of para-hydroxylation sites is 1. The van der Waals surface area contributed by atoms with Crippen LogP contribution in [0.15, 0.2) is 18.2 Å². The van der Waals surface area contributed by atoms with Crippen LogP contribution in [-0.2, 0) is 4.74 Å². The van der Waals surface area contributed by atoms with Crippen LogP contribution in [0.3, 0.4) is 0 Å². The van der Waals surface area contributed by atoms with Crippen molar-refractivity contribution in [3.8, 4) is 5.75 Å². The van der Waals surface area contributed by atoms with Gasteiger partial charge in [-0.2, -0.15) is 0 Å². The zero-order valence-corrected chi connectivity index (χ0v) is 12.5. The standard InChI is InChI=1S/C15H22N2O4/c1-3-8-21-14-6-4-5-13(15(14)17(18)19)16-11(2)12-7-9-20-10-12/h4-6,11-12,16H,3,7-10H2,1-2H3. The Labute approximate surface area is 124 Å². The quantitative estimate of drug-likeness (QED) is 0.617. The van der Waals surface area contributed by atoms with Crippen LogP contribution in [0, 0.1) is 16.0 Å². The number of anilines is 1. The summed E-state index contributed by atoms with van der Waals surface area (Å²) in [4.78, 5) is 11.0. The first-order valence-corrected chi connectivity index (χ1v) is 7.38. The molecule has 6 nitrogen and oxygen atoms in total. The smallest absolute Gasteiger partial charge is 0.333 e. The number of hydrogen-bond acceptors (Lipinski definition) is 5. The molecule has 1 N–H and O–H groups in total. The summed E-state index contributed by atoms with van der Waals surface area (Å²) in [5.41, 5.74) is 0.518. The Hall–Kier alpha value is -1.82. The van der Waals surface area contributed by atoms with E-state index in [0.29, 0.717) is 30.6 Å². The van der Waals surface area contributed by atoms with Gasteiger partial charge >= 0.3 is 5.69 Å². The predicted molar refractivity (Wildman–Crippen MR) is 80.9 cm³/mol. The van der Waals surface area contributed by atoms with Crippen LogP contribution < -0.4 is 10.1 Å². The second kappa shape index (κ2) is 7.26. The summed E-state index contributed by atoms with van der Waals surface area (Å²) in [6.07, 6.45) is 1.79. The molecule has 1 aromatic carbocycles. The number of hydrogen-bond donors (Lipinski definition) is 1. The maximum absolute atomic E-state index is 11.4. The zero-order valence-electron chi connectivity index (χ0n) is 12.5. The van der Waals surface area contributed by atoms with Crippen molar-refractivity contribution in [3.63, 3.8) is 0 Å². The molecule has 0 aromatic heterocycles. The molecule has 6 heteroatoms. The van der Waals surface area contributed by atoms with Crippen molar-refractivity contribution in [2.75, 3.05) is 25.1 Å². The van der Waals surface area contributed by atoms with Gasteiger partial charge in [0.15, 0.2) is 5.75 Å². The molecule has 21 heavy (non-hydrogen) atoms. The third-order valence-corrected chi connectivity index (χ3v) is 3.70. The third kappa shape index (κ3) is 3.85. The molecule has 1 fully saturated rings. The minimum Gasteiger partial charge on any atom is -0.487 e. The molecule has 1 heterocycles. The van der Waals surface area contributed by atoms with Gasteiger partial charge in [-0.1, -0.05) is 13.0 Å². The van der Waals surface area contributed by atoms with E-state index >= 15 is 0 Å². The zero-order chi connectivity index (χ0) is 15.2. The molecule has 1 saturated heterocycles. The summed E-state index contributed by atoms with van der Waals surface area (Å²) in [6, 6.07) is 5.26. The molecule has 1 aromatic rings. The van der Waals surface area contributed by atoms with Crippen molar-refractivity contribution in [1.29, 1.82) is 0 Å². The third-order valence-electron chi connectivity index (χ3n) is 3.70. The SMILES string of the molecule is CCCOc1cccc(NC(C)C2CCOC2)c1[N+](=O)[O-]. The molecule has 0 amide bonds. The molecule has 1 aliphatic rings. The predicted octanol–water partition coefficient (Wildman–Crippen LogP) is 3.22. The van der Waals surface area contributed by atoms with Crippen molar-refractivity contribution in [1.82, 2.24) is 0 Å². The Morgan fingerprint density at radius 2 is 2.38 bits per heavy atom. The topological polar surface area (TPSA) is 73.6 Å². The normalized spacial score (nSPS) is 19.2. The van der Waals surface area contributed by atoms with E-state index in [1.165, 1.54) is 0 Å². The summed E-state index contributed by atoms with van der Waals surface area (Å²) in [7, 11) is 0. The molecular formula is C15H22N2O4. The van der Waals surface area contributed by atoms with Crippen molar-refractivity contribution in [2.45, 2.75) is 32.7 Å². The van der Waals surface area contributed by atoms with Crippen LogP contribution >= 0.6 is 0 Å². The van der Waals surface area contributed by atoms with E-state index in [1.54, 1.807) is 18.2 Å².